The zero-order valence-corrected chi connectivity index (χ0v) is 11.7. The molecular weight excluding hydrogens is 250 g/mol. The molecule has 1 aliphatic heterocycles. The van der Waals surface area contributed by atoms with Gasteiger partial charge in [-0.25, -0.2) is 0 Å². The Morgan fingerprint density at radius 3 is 3.00 bits per heavy atom. The van der Waals surface area contributed by atoms with Crippen LogP contribution in [0.4, 0.5) is 0 Å². The molecule has 0 radical (unpaired) electrons. The van der Waals surface area contributed by atoms with Crippen molar-refractivity contribution in [2.24, 2.45) is 0 Å². The van der Waals surface area contributed by atoms with Gasteiger partial charge in [-0.05, 0) is 17.7 Å². The van der Waals surface area contributed by atoms with E-state index in [0.717, 1.165) is 31.8 Å². The van der Waals surface area contributed by atoms with Crippen LogP contribution in [-0.4, -0.2) is 35.3 Å². The average Bonchev–Trinajstić information content (AvgIpc) is 2.95. The minimum Gasteiger partial charge on any atom is -0.497 e. The van der Waals surface area contributed by atoms with Gasteiger partial charge in [0.1, 0.15) is 5.75 Å². The first-order chi connectivity index (χ1) is 9.85. The summed E-state index contributed by atoms with van der Waals surface area (Å²) in [4.78, 5) is 2.43. The van der Waals surface area contributed by atoms with Gasteiger partial charge in [-0.1, -0.05) is 24.3 Å². The van der Waals surface area contributed by atoms with Crippen molar-refractivity contribution in [3.63, 3.8) is 0 Å². The lowest BCUT2D eigenvalue weighted by atomic mass is 10.1. The standard InChI is InChI=1S/C16H19N3O/c1-20-15-6-4-13(5-7-15)3-2-9-19-10-8-16-14(12-19)11-17-18-16/h2-7,11H,8-10,12H2,1H3,(H,17,18)/b3-2+. The first-order valence-corrected chi connectivity index (χ1v) is 6.89. The molecule has 20 heavy (non-hydrogen) atoms. The predicted octanol–water partition coefficient (Wildman–Crippen LogP) is 2.49. The summed E-state index contributed by atoms with van der Waals surface area (Å²) in [6, 6.07) is 8.11. The summed E-state index contributed by atoms with van der Waals surface area (Å²) < 4.78 is 5.15. The van der Waals surface area contributed by atoms with E-state index in [2.05, 4.69) is 39.4 Å². The Kier molecular flexibility index (Phi) is 3.83. The number of hydrogen-bond acceptors (Lipinski definition) is 3. The molecule has 1 aromatic carbocycles. The highest BCUT2D eigenvalue weighted by Gasteiger charge is 2.16. The van der Waals surface area contributed by atoms with Crippen LogP contribution in [0.25, 0.3) is 6.08 Å². The summed E-state index contributed by atoms with van der Waals surface area (Å²) in [5.41, 5.74) is 3.82. The van der Waals surface area contributed by atoms with E-state index in [1.54, 1.807) is 7.11 Å². The van der Waals surface area contributed by atoms with Crippen molar-refractivity contribution in [2.45, 2.75) is 13.0 Å². The number of nitrogens with zero attached hydrogens (tertiary/aromatic N) is 2. The molecule has 0 spiro atoms. The highest BCUT2D eigenvalue weighted by Crippen LogP contribution is 2.16. The molecule has 0 bridgehead atoms. The van der Waals surface area contributed by atoms with E-state index < -0.39 is 0 Å². The Morgan fingerprint density at radius 2 is 2.20 bits per heavy atom. The smallest absolute Gasteiger partial charge is 0.118 e. The molecule has 104 valence electrons. The van der Waals surface area contributed by atoms with E-state index in [9.17, 15) is 0 Å². The number of H-pyrrole nitrogens is 1. The molecule has 1 aromatic heterocycles. The fourth-order valence-corrected chi connectivity index (χ4v) is 2.49. The molecule has 0 unspecified atom stereocenters. The molecule has 3 rings (SSSR count). The summed E-state index contributed by atoms with van der Waals surface area (Å²) in [5, 5.41) is 7.17. The fourth-order valence-electron chi connectivity index (χ4n) is 2.49. The van der Waals surface area contributed by atoms with E-state index >= 15 is 0 Å². The van der Waals surface area contributed by atoms with Crippen molar-refractivity contribution in [1.82, 2.24) is 15.1 Å². The number of benzene rings is 1. The molecule has 0 aliphatic carbocycles. The highest BCUT2D eigenvalue weighted by molar-refractivity contribution is 5.50. The van der Waals surface area contributed by atoms with Gasteiger partial charge in [-0.3, -0.25) is 10.00 Å². The number of ether oxygens (including phenoxy) is 1. The maximum absolute atomic E-state index is 5.15. The zero-order valence-electron chi connectivity index (χ0n) is 11.7. The van der Waals surface area contributed by atoms with Crippen LogP contribution in [0.1, 0.15) is 16.8 Å². The summed E-state index contributed by atoms with van der Waals surface area (Å²) in [5.74, 6) is 0.894. The van der Waals surface area contributed by atoms with Gasteiger partial charge in [0, 0.05) is 37.3 Å². The second-order valence-electron chi connectivity index (χ2n) is 5.03. The molecule has 4 heteroatoms. The van der Waals surface area contributed by atoms with Crippen LogP contribution in [0.5, 0.6) is 5.75 Å². The summed E-state index contributed by atoms with van der Waals surface area (Å²) in [6.07, 6.45) is 7.37. The predicted molar refractivity (Wildman–Crippen MR) is 79.6 cm³/mol. The minimum atomic E-state index is 0.894. The molecule has 0 saturated carbocycles. The first-order valence-electron chi connectivity index (χ1n) is 6.89. The number of fused-ring (bicyclic) bond motifs is 1. The van der Waals surface area contributed by atoms with E-state index in [4.69, 9.17) is 4.74 Å². The number of nitrogens with one attached hydrogen (secondary N) is 1. The van der Waals surface area contributed by atoms with Crippen molar-refractivity contribution >= 4 is 6.08 Å². The maximum atomic E-state index is 5.15. The van der Waals surface area contributed by atoms with Gasteiger partial charge in [0.2, 0.25) is 0 Å². The molecule has 1 aliphatic rings. The topological polar surface area (TPSA) is 41.1 Å². The molecule has 0 atom stereocenters. The second-order valence-corrected chi connectivity index (χ2v) is 5.03. The first kappa shape index (κ1) is 12.9. The van der Waals surface area contributed by atoms with Crippen LogP contribution in [0, 0.1) is 0 Å². The summed E-state index contributed by atoms with van der Waals surface area (Å²) >= 11 is 0. The van der Waals surface area contributed by atoms with Crippen LogP contribution in [-0.2, 0) is 13.0 Å². The quantitative estimate of drug-likeness (QED) is 0.927. The lowest BCUT2D eigenvalue weighted by Gasteiger charge is -2.24. The van der Waals surface area contributed by atoms with Gasteiger partial charge >= 0.3 is 0 Å². The monoisotopic (exact) mass is 269 g/mol. The Bertz CT molecular complexity index is 586. The van der Waals surface area contributed by atoms with E-state index in [-0.39, 0.29) is 0 Å². The Hall–Kier alpha value is -2.07. The third-order valence-electron chi connectivity index (χ3n) is 3.67. The summed E-state index contributed by atoms with van der Waals surface area (Å²) in [7, 11) is 1.69. The van der Waals surface area contributed by atoms with Crippen LogP contribution in [0.15, 0.2) is 36.5 Å². The molecule has 1 N–H and O–H groups in total. The van der Waals surface area contributed by atoms with Crippen molar-refractivity contribution in [1.29, 1.82) is 0 Å². The van der Waals surface area contributed by atoms with Crippen molar-refractivity contribution in [2.75, 3.05) is 20.2 Å². The number of aromatic amines is 1. The molecule has 2 heterocycles. The van der Waals surface area contributed by atoms with Crippen molar-refractivity contribution in [3.05, 3.63) is 53.4 Å². The van der Waals surface area contributed by atoms with E-state index in [1.165, 1.54) is 16.8 Å². The van der Waals surface area contributed by atoms with Crippen LogP contribution < -0.4 is 4.74 Å². The largest absolute Gasteiger partial charge is 0.497 e. The average molecular weight is 269 g/mol. The third-order valence-corrected chi connectivity index (χ3v) is 3.67. The number of methoxy groups -OCH3 is 1. The normalized spacial score (nSPS) is 15.4. The minimum absolute atomic E-state index is 0.894. The van der Waals surface area contributed by atoms with Gasteiger partial charge in [-0.15, -0.1) is 0 Å². The van der Waals surface area contributed by atoms with Crippen LogP contribution in [0.2, 0.25) is 0 Å². The lowest BCUT2D eigenvalue weighted by Crippen LogP contribution is -2.30. The second kappa shape index (κ2) is 5.92. The van der Waals surface area contributed by atoms with Gasteiger partial charge in [-0.2, -0.15) is 5.10 Å². The van der Waals surface area contributed by atoms with Gasteiger partial charge < -0.3 is 4.74 Å². The van der Waals surface area contributed by atoms with Crippen molar-refractivity contribution < 1.29 is 4.74 Å². The maximum Gasteiger partial charge on any atom is 0.118 e. The molecular formula is C16H19N3O. The Morgan fingerprint density at radius 1 is 1.35 bits per heavy atom. The molecule has 2 aromatic rings. The third kappa shape index (κ3) is 2.91. The molecule has 0 fully saturated rings. The van der Waals surface area contributed by atoms with E-state index in [0.29, 0.717) is 0 Å². The number of rotatable bonds is 4. The Balaban J connectivity index is 1.55. The number of aromatic nitrogens is 2. The lowest BCUT2D eigenvalue weighted by molar-refractivity contribution is 0.281. The fraction of sp³-hybridized carbons (Fsp3) is 0.312. The molecule has 0 saturated heterocycles. The van der Waals surface area contributed by atoms with Crippen LogP contribution in [0.3, 0.4) is 0 Å². The zero-order chi connectivity index (χ0) is 13.8. The molecule has 4 nitrogen and oxygen atoms in total. The van der Waals surface area contributed by atoms with Gasteiger partial charge in [0.25, 0.3) is 0 Å². The van der Waals surface area contributed by atoms with E-state index in [1.807, 2.05) is 18.3 Å². The number of hydrogen-bond donors (Lipinski definition) is 1. The molecule has 0 amide bonds. The highest BCUT2D eigenvalue weighted by atomic mass is 16.5. The SMILES string of the molecule is COc1ccc(/C=C/CN2CCc3[nH]ncc3C2)cc1. The summed E-state index contributed by atoms with van der Waals surface area (Å²) in [6.45, 7) is 3.04. The van der Waals surface area contributed by atoms with Crippen LogP contribution >= 0.6 is 0 Å². The van der Waals surface area contributed by atoms with Crippen molar-refractivity contribution in [3.8, 4) is 5.75 Å². The van der Waals surface area contributed by atoms with Gasteiger partial charge in [0.15, 0.2) is 0 Å². The van der Waals surface area contributed by atoms with Gasteiger partial charge in [0.05, 0.1) is 13.3 Å². The Labute approximate surface area is 119 Å².